The lowest BCUT2D eigenvalue weighted by molar-refractivity contribution is 0.0566. The summed E-state index contributed by atoms with van der Waals surface area (Å²) in [7, 11) is 1.99. The van der Waals surface area contributed by atoms with Crippen LogP contribution in [-0.2, 0) is 7.05 Å². The number of aromatic nitrogens is 1. The van der Waals surface area contributed by atoms with Crippen molar-refractivity contribution < 1.29 is 5.11 Å². The Morgan fingerprint density at radius 2 is 2.00 bits per heavy atom. The van der Waals surface area contributed by atoms with Gasteiger partial charge in [-0.3, -0.25) is 0 Å². The van der Waals surface area contributed by atoms with Crippen molar-refractivity contribution in [3.8, 4) is 0 Å². The fraction of sp³-hybridized carbons (Fsp3) is 0.429. The first-order valence-corrected chi connectivity index (χ1v) is 5.89. The Morgan fingerprint density at radius 1 is 1.35 bits per heavy atom. The van der Waals surface area contributed by atoms with Gasteiger partial charge in [-0.2, -0.15) is 0 Å². The van der Waals surface area contributed by atoms with Crippen LogP contribution in [0.25, 0.3) is 10.9 Å². The van der Waals surface area contributed by atoms with Crippen LogP contribution < -0.4 is 5.73 Å². The molecule has 3 nitrogen and oxygen atoms in total. The van der Waals surface area contributed by atoms with Crippen molar-refractivity contribution in [3.05, 3.63) is 36.0 Å². The van der Waals surface area contributed by atoms with Crippen molar-refractivity contribution in [1.29, 1.82) is 0 Å². The standard InChI is InChI=1S/C14H20N2O/c1-14(2,9-15)13(17)11-8-16(3)12-7-5-4-6-10(11)12/h4-8,13,17H,9,15H2,1-3H3. The average Bonchev–Trinajstić information content (AvgIpc) is 2.66. The molecular weight excluding hydrogens is 212 g/mol. The number of hydrogen-bond acceptors (Lipinski definition) is 2. The molecule has 3 N–H and O–H groups in total. The van der Waals surface area contributed by atoms with E-state index in [-0.39, 0.29) is 5.41 Å². The molecule has 0 radical (unpaired) electrons. The summed E-state index contributed by atoms with van der Waals surface area (Å²) in [6, 6.07) is 8.10. The summed E-state index contributed by atoms with van der Waals surface area (Å²) in [5.74, 6) is 0. The molecule has 1 unspecified atom stereocenters. The van der Waals surface area contributed by atoms with Gasteiger partial charge in [0.1, 0.15) is 0 Å². The summed E-state index contributed by atoms with van der Waals surface area (Å²) >= 11 is 0. The second-order valence-electron chi connectivity index (χ2n) is 5.31. The number of benzene rings is 1. The largest absolute Gasteiger partial charge is 0.388 e. The first-order chi connectivity index (χ1) is 7.97. The van der Waals surface area contributed by atoms with E-state index in [4.69, 9.17) is 5.73 Å². The van der Waals surface area contributed by atoms with E-state index in [9.17, 15) is 5.11 Å². The number of aryl methyl sites for hydroxylation is 1. The number of fused-ring (bicyclic) bond motifs is 1. The maximum Gasteiger partial charge on any atom is 0.0873 e. The van der Waals surface area contributed by atoms with Crippen molar-refractivity contribution in [3.63, 3.8) is 0 Å². The highest BCUT2D eigenvalue weighted by atomic mass is 16.3. The van der Waals surface area contributed by atoms with E-state index in [0.29, 0.717) is 6.54 Å². The van der Waals surface area contributed by atoms with Gasteiger partial charge in [0, 0.05) is 41.7 Å². The lowest BCUT2D eigenvalue weighted by Gasteiger charge is -2.28. The Bertz CT molecular complexity index is 528. The molecule has 0 aliphatic carbocycles. The summed E-state index contributed by atoms with van der Waals surface area (Å²) < 4.78 is 2.04. The lowest BCUT2D eigenvalue weighted by atomic mass is 9.83. The number of nitrogens with zero attached hydrogens (tertiary/aromatic N) is 1. The molecule has 92 valence electrons. The van der Waals surface area contributed by atoms with Crippen molar-refractivity contribution in [2.24, 2.45) is 18.2 Å². The number of aliphatic hydroxyl groups excluding tert-OH is 1. The second-order valence-corrected chi connectivity index (χ2v) is 5.31. The molecule has 1 aromatic heterocycles. The van der Waals surface area contributed by atoms with E-state index >= 15 is 0 Å². The van der Waals surface area contributed by atoms with Gasteiger partial charge in [0.05, 0.1) is 6.10 Å². The molecule has 1 atom stereocenters. The molecular formula is C14H20N2O. The average molecular weight is 232 g/mol. The highest BCUT2D eigenvalue weighted by Crippen LogP contribution is 2.36. The maximum atomic E-state index is 10.5. The number of hydrogen-bond donors (Lipinski definition) is 2. The van der Waals surface area contributed by atoms with Gasteiger partial charge >= 0.3 is 0 Å². The molecule has 0 aliphatic heterocycles. The molecule has 2 aromatic rings. The third-order valence-electron chi connectivity index (χ3n) is 3.49. The normalized spacial score (nSPS) is 14.2. The van der Waals surface area contributed by atoms with Crippen molar-refractivity contribution in [1.82, 2.24) is 4.57 Å². The van der Waals surface area contributed by atoms with Gasteiger partial charge in [-0.15, -0.1) is 0 Å². The molecule has 0 saturated carbocycles. The van der Waals surface area contributed by atoms with E-state index in [2.05, 4.69) is 6.07 Å². The third kappa shape index (κ3) is 1.96. The highest BCUT2D eigenvalue weighted by molar-refractivity contribution is 5.84. The van der Waals surface area contributed by atoms with Crippen LogP contribution in [0.1, 0.15) is 25.5 Å². The number of para-hydroxylation sites is 1. The molecule has 17 heavy (non-hydrogen) atoms. The van der Waals surface area contributed by atoms with Gasteiger partial charge in [-0.1, -0.05) is 32.0 Å². The second kappa shape index (κ2) is 4.17. The predicted octanol–water partition coefficient (Wildman–Crippen LogP) is 2.20. The number of aliphatic hydroxyl groups is 1. The van der Waals surface area contributed by atoms with E-state index in [1.807, 2.05) is 49.9 Å². The smallest absolute Gasteiger partial charge is 0.0873 e. The van der Waals surface area contributed by atoms with Crippen LogP contribution in [0.4, 0.5) is 0 Å². The zero-order valence-corrected chi connectivity index (χ0v) is 10.6. The van der Waals surface area contributed by atoms with Gasteiger partial charge in [-0.25, -0.2) is 0 Å². The van der Waals surface area contributed by atoms with E-state index in [1.54, 1.807) is 0 Å². The Balaban J connectivity index is 2.56. The Kier molecular flexibility index (Phi) is 2.98. The van der Waals surface area contributed by atoms with Crippen LogP contribution in [0, 0.1) is 5.41 Å². The van der Waals surface area contributed by atoms with Gasteiger partial charge in [-0.05, 0) is 6.07 Å². The first kappa shape index (κ1) is 12.1. The molecule has 0 spiro atoms. The SMILES string of the molecule is Cn1cc(C(O)C(C)(C)CN)c2ccccc21. The van der Waals surface area contributed by atoms with Crippen molar-refractivity contribution in [2.75, 3.05) is 6.54 Å². The molecule has 0 fully saturated rings. The van der Waals surface area contributed by atoms with Crippen molar-refractivity contribution in [2.45, 2.75) is 20.0 Å². The summed E-state index contributed by atoms with van der Waals surface area (Å²) in [4.78, 5) is 0. The topological polar surface area (TPSA) is 51.2 Å². The van der Waals surface area contributed by atoms with Crippen LogP contribution in [0.15, 0.2) is 30.5 Å². The zero-order chi connectivity index (χ0) is 12.6. The first-order valence-electron chi connectivity index (χ1n) is 5.89. The monoisotopic (exact) mass is 232 g/mol. The minimum atomic E-state index is -0.543. The maximum absolute atomic E-state index is 10.5. The molecule has 0 saturated heterocycles. The lowest BCUT2D eigenvalue weighted by Crippen LogP contribution is -2.30. The fourth-order valence-electron chi connectivity index (χ4n) is 2.12. The van der Waals surface area contributed by atoms with Gasteiger partial charge < -0.3 is 15.4 Å². The fourth-order valence-corrected chi connectivity index (χ4v) is 2.12. The zero-order valence-electron chi connectivity index (χ0n) is 10.6. The number of nitrogens with two attached hydrogens (primary N) is 1. The van der Waals surface area contributed by atoms with E-state index in [0.717, 1.165) is 16.5 Å². The summed E-state index contributed by atoms with van der Waals surface area (Å²) in [5, 5.41) is 11.6. The summed E-state index contributed by atoms with van der Waals surface area (Å²) in [6.07, 6.45) is 1.45. The third-order valence-corrected chi connectivity index (χ3v) is 3.49. The molecule has 0 aliphatic rings. The Hall–Kier alpha value is -1.32. The van der Waals surface area contributed by atoms with Gasteiger partial charge in [0.2, 0.25) is 0 Å². The quantitative estimate of drug-likeness (QED) is 0.852. The van der Waals surface area contributed by atoms with Gasteiger partial charge in [0.15, 0.2) is 0 Å². The molecule has 0 amide bonds. The van der Waals surface area contributed by atoms with Crippen LogP contribution in [-0.4, -0.2) is 16.2 Å². The molecule has 2 rings (SSSR count). The van der Waals surface area contributed by atoms with E-state index in [1.165, 1.54) is 0 Å². The predicted molar refractivity (Wildman–Crippen MR) is 70.7 cm³/mol. The summed E-state index contributed by atoms with van der Waals surface area (Å²) in [5.41, 5.74) is 7.50. The Labute approximate surface area is 102 Å². The summed E-state index contributed by atoms with van der Waals surface area (Å²) in [6.45, 7) is 4.43. The highest BCUT2D eigenvalue weighted by Gasteiger charge is 2.29. The van der Waals surface area contributed by atoms with Crippen molar-refractivity contribution >= 4 is 10.9 Å². The van der Waals surface area contributed by atoms with E-state index < -0.39 is 6.10 Å². The molecule has 1 aromatic carbocycles. The number of rotatable bonds is 3. The van der Waals surface area contributed by atoms with Crippen LogP contribution in [0.5, 0.6) is 0 Å². The van der Waals surface area contributed by atoms with Crippen LogP contribution in [0.3, 0.4) is 0 Å². The minimum Gasteiger partial charge on any atom is -0.388 e. The van der Waals surface area contributed by atoms with Crippen LogP contribution >= 0.6 is 0 Å². The molecule has 0 bridgehead atoms. The Morgan fingerprint density at radius 3 is 2.65 bits per heavy atom. The molecule has 1 heterocycles. The molecule has 3 heteroatoms. The van der Waals surface area contributed by atoms with Gasteiger partial charge in [0.25, 0.3) is 0 Å². The van der Waals surface area contributed by atoms with Crippen LogP contribution in [0.2, 0.25) is 0 Å². The minimum absolute atomic E-state index is 0.315.